The Morgan fingerprint density at radius 3 is 2.51 bits per heavy atom. The maximum Gasteiger partial charge on any atom is 0.317 e. The molecule has 1 fully saturated rings. The zero-order valence-corrected chi connectivity index (χ0v) is 32.6. The highest BCUT2D eigenvalue weighted by Crippen LogP contribution is 2.59. The topological polar surface area (TPSA) is 289 Å². The smallest absolute Gasteiger partial charge is 0.317 e. The summed E-state index contributed by atoms with van der Waals surface area (Å²) in [5, 5.41) is 61.6. The number of carboxylic acid groups (broad SMARTS) is 1. The third-order valence-electron chi connectivity index (χ3n) is 11.2. The fourth-order valence-electron chi connectivity index (χ4n) is 8.51. The molecule has 5 aliphatic rings. The maximum atomic E-state index is 12.4. The average Bonchev–Trinajstić information content (AvgIpc) is 3.94. The summed E-state index contributed by atoms with van der Waals surface area (Å²) >= 11 is 0. The molecule has 10 atom stereocenters. The van der Waals surface area contributed by atoms with Crippen LogP contribution in [-0.4, -0.2) is 124 Å². The molecule has 1 saturated heterocycles. The number of aliphatic imine (C=N–C) groups is 1. The van der Waals surface area contributed by atoms with E-state index in [0.29, 0.717) is 42.1 Å². The minimum Gasteiger partial charge on any atom is -0.489 e. The van der Waals surface area contributed by atoms with E-state index in [9.17, 15) is 35.1 Å². The Kier molecular flexibility index (Phi) is 12.3. The second-order valence-electron chi connectivity index (χ2n) is 15.2. The number of rotatable bonds is 16. The van der Waals surface area contributed by atoms with E-state index in [2.05, 4.69) is 4.99 Å². The van der Waals surface area contributed by atoms with Crippen LogP contribution in [0.3, 0.4) is 0 Å². The van der Waals surface area contributed by atoms with Gasteiger partial charge in [0.2, 0.25) is 12.0 Å². The lowest BCUT2D eigenvalue weighted by atomic mass is 9.80. The van der Waals surface area contributed by atoms with Crippen LogP contribution in [0.25, 0.3) is 0 Å². The average molecular weight is 848 g/mol. The van der Waals surface area contributed by atoms with Crippen LogP contribution in [0.5, 0.6) is 28.7 Å². The quantitative estimate of drug-likeness (QED) is 0.0459. The summed E-state index contributed by atoms with van der Waals surface area (Å²) in [5.74, 6) is -1.80. The number of carbonyl (C=O) groups excluding carboxylic acids is 1. The number of nitrogens with two attached hydrogens (primary N) is 2. The molecule has 11 N–H and O–H groups in total. The van der Waals surface area contributed by atoms with E-state index in [1.807, 2.05) is 48.7 Å². The van der Waals surface area contributed by atoms with Crippen LogP contribution in [0, 0.1) is 0 Å². The van der Waals surface area contributed by atoms with Gasteiger partial charge < -0.3 is 75.3 Å². The Bertz CT molecular complexity index is 2220. The van der Waals surface area contributed by atoms with Gasteiger partial charge in [-0.2, -0.15) is 0 Å². The van der Waals surface area contributed by atoms with Gasteiger partial charge in [0.1, 0.15) is 86.1 Å². The Labute approximate surface area is 348 Å². The number of quaternary nitrogens is 1. The summed E-state index contributed by atoms with van der Waals surface area (Å²) in [6.07, 6.45) is -8.24. The third kappa shape index (κ3) is 8.52. The number of nitrogens with one attached hydrogen (secondary N) is 1. The molecule has 0 radical (unpaired) electrons. The van der Waals surface area contributed by atoms with Crippen molar-refractivity contribution in [1.82, 2.24) is 0 Å². The lowest BCUT2D eigenvalue weighted by Gasteiger charge is -2.43. The molecule has 8 rings (SSSR count). The van der Waals surface area contributed by atoms with Crippen molar-refractivity contribution < 1.29 is 78.3 Å². The highest BCUT2D eigenvalue weighted by Gasteiger charge is 2.52. The Hall–Kier alpha value is -5.61. The number of ether oxygens (including phenoxy) is 7. The van der Waals surface area contributed by atoms with Crippen molar-refractivity contribution in [3.05, 3.63) is 100 Å². The first-order chi connectivity index (χ1) is 29.4. The van der Waals surface area contributed by atoms with Crippen LogP contribution < -0.4 is 40.1 Å². The highest BCUT2D eigenvalue weighted by molar-refractivity contribution is 5.90. The summed E-state index contributed by atoms with van der Waals surface area (Å²) in [4.78, 5) is 29.0. The summed E-state index contributed by atoms with van der Waals surface area (Å²) in [7, 11) is 0. The molecule has 61 heavy (non-hydrogen) atoms. The van der Waals surface area contributed by atoms with E-state index in [-0.39, 0.29) is 30.5 Å². The predicted molar refractivity (Wildman–Crippen MR) is 210 cm³/mol. The van der Waals surface area contributed by atoms with Gasteiger partial charge in [0.25, 0.3) is 0 Å². The van der Waals surface area contributed by atoms with Crippen LogP contribution in [0.4, 0.5) is 0 Å². The van der Waals surface area contributed by atoms with Crippen molar-refractivity contribution in [2.75, 3.05) is 26.6 Å². The number of carboxylic acids is 1. The molecule has 3 aromatic carbocycles. The number of carbonyl (C=O) groups is 2. The van der Waals surface area contributed by atoms with Gasteiger partial charge in [-0.3, -0.25) is 19.5 Å². The number of aliphatic hydroxyl groups excluding tert-OH is 5. The molecule has 3 aromatic rings. The van der Waals surface area contributed by atoms with Gasteiger partial charge in [-0.05, 0) is 23.8 Å². The molecule has 0 spiro atoms. The summed E-state index contributed by atoms with van der Waals surface area (Å²) in [6, 6.07) is 16.6. The largest absolute Gasteiger partial charge is 0.489 e. The summed E-state index contributed by atoms with van der Waals surface area (Å²) in [6.45, 7) is 0.0152. The SMILES string of the molecule is NC(N)C(OC(=O)CC(=O)O)C1OC(Oc2cc(C[NH+]3C=C4N=CC=C4C3)c3c(c2)OC(Cc2ccccc2)C2c4ccc(OCO)c(OCCO)c4OC32)C(O)C(O)C1O. The molecule has 0 bridgehead atoms. The summed E-state index contributed by atoms with van der Waals surface area (Å²) in [5.41, 5.74) is 16.8. The predicted octanol–water partition coefficient (Wildman–Crippen LogP) is -1.33. The van der Waals surface area contributed by atoms with E-state index < -0.39 is 86.3 Å². The first-order valence-corrected chi connectivity index (χ1v) is 19.7. The van der Waals surface area contributed by atoms with Gasteiger partial charge in [0.15, 0.2) is 24.4 Å². The lowest BCUT2D eigenvalue weighted by Crippen LogP contribution is -3.04. The van der Waals surface area contributed by atoms with Gasteiger partial charge >= 0.3 is 11.9 Å². The van der Waals surface area contributed by atoms with Crippen molar-refractivity contribution in [3.8, 4) is 28.7 Å². The normalized spacial score (nSPS) is 27.4. The van der Waals surface area contributed by atoms with Crippen molar-refractivity contribution in [3.63, 3.8) is 0 Å². The number of nitrogens with zero attached hydrogens (tertiary/aromatic N) is 1. The van der Waals surface area contributed by atoms with Crippen LogP contribution in [0.15, 0.2) is 83.1 Å². The fraction of sp³-hybridized carbons (Fsp3) is 0.405. The number of hydrogen-bond acceptors (Lipinski definition) is 17. The minimum atomic E-state index is -1.91. The Morgan fingerprint density at radius 2 is 1.79 bits per heavy atom. The second kappa shape index (κ2) is 17.8. The molecule has 5 aliphatic heterocycles. The standard InChI is InChI=1S/C42H46N4O15/c43-41(44)40(59-30(51)15-29(49)50)39-34(53)33(52)35(54)42(61-39)57-23-13-22(17-46-16-21-8-9-45-25(21)18-46)31-28(14-23)58-27(12-20-4-2-1-3-5-20)32-24-6-7-26(56-19-48)37(55-11-10-47)36(24)60-38(31)32/h1-9,13-14,18,27,32-35,38-42,47-48,52-54H,10-12,15-17,19,43-44H2,(H,49,50)/p+1. The van der Waals surface area contributed by atoms with E-state index >= 15 is 0 Å². The first kappa shape index (κ1) is 42.1. The molecular weight excluding hydrogens is 800 g/mol. The van der Waals surface area contributed by atoms with E-state index in [1.54, 1.807) is 24.4 Å². The van der Waals surface area contributed by atoms with E-state index in [1.165, 1.54) is 0 Å². The zero-order valence-electron chi connectivity index (χ0n) is 32.6. The zero-order chi connectivity index (χ0) is 42.9. The van der Waals surface area contributed by atoms with E-state index in [4.69, 9.17) is 49.7 Å². The van der Waals surface area contributed by atoms with Crippen LogP contribution >= 0.6 is 0 Å². The number of aliphatic hydroxyl groups is 5. The number of esters is 1. The van der Waals surface area contributed by atoms with Gasteiger partial charge in [-0.25, -0.2) is 0 Å². The van der Waals surface area contributed by atoms with Crippen molar-refractivity contribution in [2.45, 2.75) is 80.5 Å². The molecule has 324 valence electrons. The molecule has 0 saturated carbocycles. The van der Waals surface area contributed by atoms with Crippen LogP contribution in [0.2, 0.25) is 0 Å². The number of aliphatic carboxylic acids is 1. The fourth-order valence-corrected chi connectivity index (χ4v) is 8.51. The molecule has 19 nitrogen and oxygen atoms in total. The first-order valence-electron chi connectivity index (χ1n) is 19.7. The number of fused-ring (bicyclic) bond motifs is 6. The third-order valence-corrected chi connectivity index (χ3v) is 11.2. The van der Waals surface area contributed by atoms with Gasteiger partial charge in [-0.1, -0.05) is 36.4 Å². The number of allylic oxidation sites excluding steroid dienone is 1. The van der Waals surface area contributed by atoms with Crippen molar-refractivity contribution >= 4 is 18.2 Å². The molecule has 5 heterocycles. The van der Waals surface area contributed by atoms with E-state index in [0.717, 1.165) is 27.3 Å². The highest BCUT2D eigenvalue weighted by atomic mass is 16.7. The molecular formula is C42H47N4O15+. The second-order valence-corrected chi connectivity index (χ2v) is 15.2. The van der Waals surface area contributed by atoms with Gasteiger partial charge in [0, 0.05) is 41.0 Å². The van der Waals surface area contributed by atoms with Crippen LogP contribution in [0.1, 0.15) is 40.7 Å². The monoisotopic (exact) mass is 847 g/mol. The molecule has 0 aliphatic carbocycles. The molecule has 0 amide bonds. The van der Waals surface area contributed by atoms with Crippen LogP contribution in [-0.2, 0) is 32.0 Å². The maximum absolute atomic E-state index is 12.4. The Balaban J connectivity index is 1.19. The lowest BCUT2D eigenvalue weighted by molar-refractivity contribution is -0.851. The molecule has 19 heteroatoms. The molecule has 10 unspecified atom stereocenters. The summed E-state index contributed by atoms with van der Waals surface area (Å²) < 4.78 is 42.7. The number of benzene rings is 3. The van der Waals surface area contributed by atoms with Gasteiger partial charge in [0.05, 0.1) is 18.7 Å². The Morgan fingerprint density at radius 1 is 0.984 bits per heavy atom. The minimum absolute atomic E-state index is 0.0703. The van der Waals surface area contributed by atoms with Gasteiger partial charge in [-0.15, -0.1) is 0 Å². The van der Waals surface area contributed by atoms with Crippen molar-refractivity contribution in [1.29, 1.82) is 0 Å². The molecule has 0 aromatic heterocycles. The number of hydrogen-bond donors (Lipinski definition) is 9. The van der Waals surface area contributed by atoms with Crippen molar-refractivity contribution in [2.24, 2.45) is 16.5 Å².